The molecule has 0 aliphatic carbocycles. The number of hydrogen-bond donors (Lipinski definition) is 2. The lowest BCUT2D eigenvalue weighted by molar-refractivity contribution is 0.758. The van der Waals surface area contributed by atoms with Gasteiger partial charge in [-0.05, 0) is 25.0 Å². The van der Waals surface area contributed by atoms with Gasteiger partial charge in [0, 0.05) is 19.8 Å². The van der Waals surface area contributed by atoms with E-state index in [0.717, 1.165) is 12.1 Å². The van der Waals surface area contributed by atoms with E-state index in [9.17, 15) is 0 Å². The van der Waals surface area contributed by atoms with Crippen LogP contribution in [0.1, 0.15) is 23.2 Å². The van der Waals surface area contributed by atoms with Crippen molar-refractivity contribution in [3.8, 4) is 12.1 Å². The van der Waals surface area contributed by atoms with Gasteiger partial charge in [0.25, 0.3) is 0 Å². The first-order valence-electron chi connectivity index (χ1n) is 6.46. The lowest BCUT2D eigenvalue weighted by atomic mass is 10.1. The Morgan fingerprint density at radius 1 is 1.38 bits per heavy atom. The van der Waals surface area contributed by atoms with Gasteiger partial charge in [-0.15, -0.1) is 0 Å². The minimum Gasteiger partial charge on any atom is -0.381 e. The maximum atomic E-state index is 9.06. The standard InChI is InChI=1S/C14H15N7/c1-21(14-10(8-15)4-2-6-18-14)7-3-5-12-11(9-16)13(17)20-19-12/h2,4,6H,3,5,7H2,1H3,(H3,17,19,20). The fraction of sp³-hybridized carbons (Fsp3) is 0.286. The number of nitrogen functional groups attached to an aromatic ring is 1. The molecule has 2 rings (SSSR count). The van der Waals surface area contributed by atoms with Gasteiger partial charge in [0.05, 0.1) is 11.3 Å². The molecule has 0 aliphatic heterocycles. The summed E-state index contributed by atoms with van der Waals surface area (Å²) in [5.41, 5.74) is 7.29. The van der Waals surface area contributed by atoms with Gasteiger partial charge in [-0.3, -0.25) is 5.10 Å². The lowest BCUT2D eigenvalue weighted by Gasteiger charge is -2.18. The number of aryl methyl sites for hydroxylation is 1. The SMILES string of the molecule is CN(CCCc1[nH]nc(N)c1C#N)c1ncccc1C#N. The Morgan fingerprint density at radius 2 is 2.19 bits per heavy atom. The molecular formula is C14H15N7. The zero-order valence-electron chi connectivity index (χ0n) is 11.7. The summed E-state index contributed by atoms with van der Waals surface area (Å²) in [5.74, 6) is 0.891. The van der Waals surface area contributed by atoms with Crippen LogP contribution < -0.4 is 10.6 Å². The van der Waals surface area contributed by atoms with Crippen LogP contribution in [0.25, 0.3) is 0 Å². The molecule has 0 radical (unpaired) electrons. The van der Waals surface area contributed by atoms with Crippen molar-refractivity contribution in [2.75, 3.05) is 24.2 Å². The van der Waals surface area contributed by atoms with Crippen molar-refractivity contribution in [1.82, 2.24) is 15.2 Å². The molecule has 21 heavy (non-hydrogen) atoms. The van der Waals surface area contributed by atoms with E-state index in [2.05, 4.69) is 21.3 Å². The molecule has 0 spiro atoms. The molecule has 0 atom stereocenters. The Balaban J connectivity index is 1.98. The minimum atomic E-state index is 0.234. The lowest BCUT2D eigenvalue weighted by Crippen LogP contribution is -2.21. The Labute approximate surface area is 122 Å². The van der Waals surface area contributed by atoms with Crippen LogP contribution in [0.4, 0.5) is 11.6 Å². The van der Waals surface area contributed by atoms with E-state index in [0.29, 0.717) is 29.9 Å². The van der Waals surface area contributed by atoms with Crippen molar-refractivity contribution in [3.05, 3.63) is 35.2 Å². The number of anilines is 2. The van der Waals surface area contributed by atoms with E-state index in [4.69, 9.17) is 16.3 Å². The second kappa shape index (κ2) is 6.40. The smallest absolute Gasteiger partial charge is 0.163 e. The van der Waals surface area contributed by atoms with Crippen LogP contribution in [0.5, 0.6) is 0 Å². The van der Waals surface area contributed by atoms with E-state index in [1.54, 1.807) is 18.3 Å². The summed E-state index contributed by atoms with van der Waals surface area (Å²) in [4.78, 5) is 6.14. The topological polar surface area (TPSA) is 118 Å². The van der Waals surface area contributed by atoms with E-state index < -0.39 is 0 Å². The van der Waals surface area contributed by atoms with E-state index in [-0.39, 0.29) is 5.82 Å². The molecular weight excluding hydrogens is 266 g/mol. The Morgan fingerprint density at radius 3 is 2.90 bits per heavy atom. The third kappa shape index (κ3) is 3.10. The van der Waals surface area contributed by atoms with E-state index >= 15 is 0 Å². The molecule has 3 N–H and O–H groups in total. The number of nitrogens with zero attached hydrogens (tertiary/aromatic N) is 5. The first kappa shape index (κ1) is 14.4. The molecule has 2 aromatic rings. The number of aromatic nitrogens is 3. The van der Waals surface area contributed by atoms with Crippen LogP contribution in [0.3, 0.4) is 0 Å². The van der Waals surface area contributed by atoms with Crippen molar-refractivity contribution in [2.24, 2.45) is 0 Å². The second-order valence-electron chi connectivity index (χ2n) is 4.59. The molecule has 0 aliphatic rings. The summed E-state index contributed by atoms with van der Waals surface area (Å²) < 4.78 is 0. The highest BCUT2D eigenvalue weighted by Crippen LogP contribution is 2.17. The Kier molecular flexibility index (Phi) is 4.37. The molecule has 0 saturated heterocycles. The van der Waals surface area contributed by atoms with Crippen molar-refractivity contribution >= 4 is 11.6 Å². The molecule has 0 saturated carbocycles. The minimum absolute atomic E-state index is 0.234. The summed E-state index contributed by atoms with van der Waals surface area (Å²) in [6.07, 6.45) is 3.11. The van der Waals surface area contributed by atoms with Crippen LogP contribution in [0.2, 0.25) is 0 Å². The highest BCUT2D eigenvalue weighted by molar-refractivity contribution is 5.53. The first-order valence-corrected chi connectivity index (χ1v) is 6.46. The van der Waals surface area contributed by atoms with Gasteiger partial charge in [0.2, 0.25) is 0 Å². The highest BCUT2D eigenvalue weighted by atomic mass is 15.2. The summed E-state index contributed by atoms with van der Waals surface area (Å²) >= 11 is 0. The monoisotopic (exact) mass is 281 g/mol. The number of nitrogens with two attached hydrogens (primary N) is 1. The Bertz CT molecular complexity index is 705. The van der Waals surface area contributed by atoms with E-state index in [1.165, 1.54) is 0 Å². The predicted molar refractivity (Wildman–Crippen MR) is 78.3 cm³/mol. The quantitative estimate of drug-likeness (QED) is 0.850. The second-order valence-corrected chi connectivity index (χ2v) is 4.59. The van der Waals surface area contributed by atoms with Gasteiger partial charge in [0.15, 0.2) is 5.82 Å². The fourth-order valence-electron chi connectivity index (χ4n) is 2.09. The van der Waals surface area contributed by atoms with Gasteiger partial charge >= 0.3 is 0 Å². The summed E-state index contributed by atoms with van der Waals surface area (Å²) in [6, 6.07) is 7.65. The maximum Gasteiger partial charge on any atom is 0.163 e. The van der Waals surface area contributed by atoms with Crippen LogP contribution in [-0.2, 0) is 6.42 Å². The predicted octanol–water partition coefficient (Wildman–Crippen LogP) is 1.20. The first-order chi connectivity index (χ1) is 10.2. The summed E-state index contributed by atoms with van der Waals surface area (Å²) in [6.45, 7) is 0.704. The molecule has 106 valence electrons. The maximum absolute atomic E-state index is 9.06. The molecule has 0 unspecified atom stereocenters. The van der Waals surface area contributed by atoms with Crippen molar-refractivity contribution < 1.29 is 0 Å². The molecule has 0 fully saturated rings. The molecule has 7 heteroatoms. The average Bonchev–Trinajstić information content (AvgIpc) is 2.87. The molecule has 0 bridgehead atoms. The van der Waals surface area contributed by atoms with Crippen molar-refractivity contribution in [3.63, 3.8) is 0 Å². The third-order valence-corrected chi connectivity index (χ3v) is 3.17. The Hall–Kier alpha value is -3.06. The third-order valence-electron chi connectivity index (χ3n) is 3.17. The van der Waals surface area contributed by atoms with Crippen molar-refractivity contribution in [1.29, 1.82) is 10.5 Å². The molecule has 7 nitrogen and oxygen atoms in total. The normalized spacial score (nSPS) is 9.86. The number of hydrogen-bond acceptors (Lipinski definition) is 6. The number of rotatable bonds is 5. The van der Waals surface area contributed by atoms with Crippen LogP contribution in [0.15, 0.2) is 18.3 Å². The van der Waals surface area contributed by atoms with Crippen LogP contribution in [0, 0.1) is 22.7 Å². The van der Waals surface area contributed by atoms with Crippen LogP contribution in [-0.4, -0.2) is 28.8 Å². The largest absolute Gasteiger partial charge is 0.381 e. The van der Waals surface area contributed by atoms with Gasteiger partial charge in [-0.1, -0.05) is 0 Å². The number of pyridine rings is 1. The zero-order chi connectivity index (χ0) is 15.2. The number of H-pyrrole nitrogens is 1. The average molecular weight is 281 g/mol. The molecule has 2 aromatic heterocycles. The molecule has 0 aromatic carbocycles. The molecule has 0 amide bonds. The molecule has 2 heterocycles. The van der Waals surface area contributed by atoms with Gasteiger partial charge in [-0.25, -0.2) is 4.98 Å². The summed E-state index contributed by atoms with van der Waals surface area (Å²) in [7, 11) is 1.88. The number of nitrogens with one attached hydrogen (secondary N) is 1. The number of nitriles is 2. The fourth-order valence-corrected chi connectivity index (χ4v) is 2.09. The van der Waals surface area contributed by atoms with E-state index in [1.807, 2.05) is 18.0 Å². The van der Waals surface area contributed by atoms with Crippen LogP contribution >= 0.6 is 0 Å². The van der Waals surface area contributed by atoms with Gasteiger partial charge < -0.3 is 10.6 Å². The zero-order valence-corrected chi connectivity index (χ0v) is 11.7. The van der Waals surface area contributed by atoms with Crippen molar-refractivity contribution in [2.45, 2.75) is 12.8 Å². The number of aromatic amines is 1. The van der Waals surface area contributed by atoms with Gasteiger partial charge in [0.1, 0.15) is 23.5 Å². The summed E-state index contributed by atoms with van der Waals surface area (Å²) in [5, 5.41) is 24.7. The highest BCUT2D eigenvalue weighted by Gasteiger charge is 2.11. The van der Waals surface area contributed by atoms with Gasteiger partial charge in [-0.2, -0.15) is 15.6 Å².